The summed E-state index contributed by atoms with van der Waals surface area (Å²) in [4.78, 5) is 48.8. The number of nitrogens with one attached hydrogen (secondary N) is 1. The van der Waals surface area contributed by atoms with Crippen LogP contribution in [0.1, 0.15) is 5.56 Å². The monoisotopic (exact) mass is 519 g/mol. The van der Waals surface area contributed by atoms with E-state index in [1.165, 1.54) is 18.2 Å². The van der Waals surface area contributed by atoms with Crippen molar-refractivity contribution in [3.8, 4) is 11.5 Å². The van der Waals surface area contributed by atoms with Crippen LogP contribution in [-0.2, 0) is 9.59 Å². The number of imide groups is 1. The van der Waals surface area contributed by atoms with Crippen molar-refractivity contribution >= 4 is 62.2 Å². The van der Waals surface area contributed by atoms with E-state index in [-0.39, 0.29) is 10.6 Å². The summed E-state index contributed by atoms with van der Waals surface area (Å²) >= 11 is 3.76. The molecule has 3 amide bonds. The Morgan fingerprint density at radius 3 is 2.69 bits per heavy atom. The van der Waals surface area contributed by atoms with E-state index in [1.807, 2.05) is 0 Å². The van der Waals surface area contributed by atoms with E-state index < -0.39 is 28.5 Å². The number of halogens is 1. The third-order valence-electron chi connectivity index (χ3n) is 4.47. The zero-order valence-electron chi connectivity index (χ0n) is 16.2. The topological polar surface area (TPSA) is 128 Å². The fourth-order valence-corrected chi connectivity index (χ4v) is 4.24. The summed E-state index contributed by atoms with van der Waals surface area (Å²) in [6, 6.07) is 9.21. The van der Waals surface area contributed by atoms with Gasteiger partial charge in [-0.2, -0.15) is 0 Å². The molecule has 4 rings (SSSR count). The van der Waals surface area contributed by atoms with Gasteiger partial charge in [0.25, 0.3) is 16.8 Å². The Morgan fingerprint density at radius 2 is 1.94 bits per heavy atom. The van der Waals surface area contributed by atoms with Crippen LogP contribution in [0.5, 0.6) is 11.5 Å². The van der Waals surface area contributed by atoms with Crippen molar-refractivity contribution in [1.29, 1.82) is 0 Å². The van der Waals surface area contributed by atoms with E-state index in [0.717, 1.165) is 4.90 Å². The highest BCUT2D eigenvalue weighted by molar-refractivity contribution is 9.10. The van der Waals surface area contributed by atoms with E-state index in [2.05, 4.69) is 21.2 Å². The lowest BCUT2D eigenvalue weighted by molar-refractivity contribution is -0.385. The molecule has 0 spiro atoms. The van der Waals surface area contributed by atoms with Crippen LogP contribution in [0.25, 0.3) is 6.08 Å². The van der Waals surface area contributed by atoms with Crippen LogP contribution in [-0.4, -0.2) is 46.6 Å². The number of benzene rings is 2. The average Bonchev–Trinajstić information content (AvgIpc) is 3.02. The minimum absolute atomic E-state index is 0.0683. The summed E-state index contributed by atoms with van der Waals surface area (Å²) in [5, 5.41) is 13.1. The molecule has 0 unspecified atom stereocenters. The van der Waals surface area contributed by atoms with E-state index in [9.17, 15) is 24.5 Å². The summed E-state index contributed by atoms with van der Waals surface area (Å²) < 4.78 is 11.2. The molecule has 2 aliphatic rings. The number of nitrogens with zero attached hydrogens (tertiary/aromatic N) is 2. The van der Waals surface area contributed by atoms with Gasteiger partial charge in [0.15, 0.2) is 11.5 Å². The molecule has 1 saturated heterocycles. The lowest BCUT2D eigenvalue weighted by atomic mass is 10.2. The summed E-state index contributed by atoms with van der Waals surface area (Å²) in [6.45, 7) is 0.366. The third-order valence-corrected chi connectivity index (χ3v) is 6.04. The van der Waals surface area contributed by atoms with Crippen molar-refractivity contribution in [2.45, 2.75) is 0 Å². The molecule has 2 aromatic carbocycles. The van der Waals surface area contributed by atoms with Crippen molar-refractivity contribution in [2.24, 2.45) is 0 Å². The van der Waals surface area contributed by atoms with E-state index in [0.29, 0.717) is 52.2 Å². The Morgan fingerprint density at radius 1 is 1.19 bits per heavy atom. The Labute approximate surface area is 193 Å². The maximum absolute atomic E-state index is 12.6. The van der Waals surface area contributed by atoms with E-state index in [1.54, 1.807) is 24.3 Å². The fourth-order valence-electron chi connectivity index (χ4n) is 3.01. The van der Waals surface area contributed by atoms with Gasteiger partial charge < -0.3 is 14.8 Å². The van der Waals surface area contributed by atoms with E-state index >= 15 is 0 Å². The first kappa shape index (κ1) is 21.8. The van der Waals surface area contributed by atoms with Crippen molar-refractivity contribution in [3.63, 3.8) is 0 Å². The summed E-state index contributed by atoms with van der Waals surface area (Å²) in [5.41, 5.74) is 0.645. The summed E-state index contributed by atoms with van der Waals surface area (Å²) in [5.74, 6) is -0.155. The largest absolute Gasteiger partial charge is 0.486 e. The Hall–Kier alpha value is -3.38. The number of amides is 3. The average molecular weight is 520 g/mol. The van der Waals surface area contributed by atoms with Crippen LogP contribution in [0.3, 0.4) is 0 Å². The van der Waals surface area contributed by atoms with Gasteiger partial charge in [-0.1, -0.05) is 6.07 Å². The number of hydrogen-bond acceptors (Lipinski definition) is 8. The number of rotatable bonds is 5. The van der Waals surface area contributed by atoms with Crippen molar-refractivity contribution in [2.75, 3.05) is 25.1 Å². The molecule has 2 heterocycles. The van der Waals surface area contributed by atoms with Crippen molar-refractivity contribution in [3.05, 3.63) is 61.5 Å². The number of nitro benzene ring substituents is 1. The molecule has 0 aliphatic carbocycles. The maximum Gasteiger partial charge on any atom is 0.294 e. The van der Waals surface area contributed by atoms with Crippen LogP contribution in [0, 0.1) is 10.1 Å². The highest BCUT2D eigenvalue weighted by atomic mass is 79.9. The van der Waals surface area contributed by atoms with Gasteiger partial charge in [-0.05, 0) is 57.5 Å². The van der Waals surface area contributed by atoms with Gasteiger partial charge in [-0.25, -0.2) is 0 Å². The minimum atomic E-state index is -0.650. The first-order valence-electron chi connectivity index (χ1n) is 9.20. The van der Waals surface area contributed by atoms with Gasteiger partial charge in [-0.15, -0.1) is 0 Å². The van der Waals surface area contributed by atoms with Crippen LogP contribution in [0.2, 0.25) is 0 Å². The zero-order chi connectivity index (χ0) is 22.8. The predicted octanol–water partition coefficient (Wildman–Crippen LogP) is 3.80. The van der Waals surface area contributed by atoms with Gasteiger partial charge in [0.2, 0.25) is 5.91 Å². The molecular weight excluding hydrogens is 506 g/mol. The quantitative estimate of drug-likeness (QED) is 0.358. The summed E-state index contributed by atoms with van der Waals surface area (Å²) in [7, 11) is 0. The Kier molecular flexibility index (Phi) is 6.15. The first-order chi connectivity index (χ1) is 15.3. The zero-order valence-corrected chi connectivity index (χ0v) is 18.6. The minimum Gasteiger partial charge on any atom is -0.486 e. The van der Waals surface area contributed by atoms with Gasteiger partial charge in [-0.3, -0.25) is 29.4 Å². The van der Waals surface area contributed by atoms with Gasteiger partial charge in [0, 0.05) is 17.8 Å². The second kappa shape index (κ2) is 9.01. The fraction of sp³-hybridized carbons (Fsp3) is 0.150. The van der Waals surface area contributed by atoms with Gasteiger partial charge >= 0.3 is 0 Å². The molecule has 10 nitrogen and oxygen atoms in total. The predicted molar refractivity (Wildman–Crippen MR) is 120 cm³/mol. The number of anilines is 1. The molecule has 2 aliphatic heterocycles. The van der Waals surface area contributed by atoms with Crippen molar-refractivity contribution < 1.29 is 28.8 Å². The Balaban J connectivity index is 1.45. The SMILES string of the molecule is O=C(CN1C(=O)S/C(=C\c2ccc(Br)c([N+](=O)[O-])c2)C1=O)Nc1ccc2c(c1)OCCO2. The number of hydrogen-bond donors (Lipinski definition) is 1. The molecule has 0 bridgehead atoms. The van der Waals surface area contributed by atoms with Crippen LogP contribution >= 0.6 is 27.7 Å². The smallest absolute Gasteiger partial charge is 0.294 e. The molecule has 32 heavy (non-hydrogen) atoms. The third kappa shape index (κ3) is 4.60. The second-order valence-electron chi connectivity index (χ2n) is 6.64. The lowest BCUT2D eigenvalue weighted by Gasteiger charge is -2.19. The van der Waals surface area contributed by atoms with Gasteiger partial charge in [0.1, 0.15) is 19.8 Å². The lowest BCUT2D eigenvalue weighted by Crippen LogP contribution is -2.36. The molecular formula is C20H14BrN3O7S. The van der Waals surface area contributed by atoms with E-state index in [4.69, 9.17) is 9.47 Å². The van der Waals surface area contributed by atoms with Crippen LogP contribution in [0.4, 0.5) is 16.2 Å². The molecule has 12 heteroatoms. The number of fused-ring (bicyclic) bond motifs is 1. The summed E-state index contributed by atoms with van der Waals surface area (Å²) in [6.07, 6.45) is 1.38. The molecule has 0 aromatic heterocycles. The normalized spacial score (nSPS) is 16.4. The standard InChI is InChI=1S/C20H14BrN3O7S/c21-13-3-1-11(7-14(13)24(28)29)8-17-19(26)23(20(27)32-17)10-18(25)22-12-2-4-15-16(9-12)31-6-5-30-15/h1-4,7-9H,5-6,10H2,(H,22,25)/b17-8-. The molecule has 1 N–H and O–H groups in total. The molecule has 164 valence electrons. The van der Waals surface area contributed by atoms with Crippen molar-refractivity contribution in [1.82, 2.24) is 4.90 Å². The molecule has 1 fully saturated rings. The number of nitro groups is 1. The van der Waals surface area contributed by atoms with Crippen LogP contribution < -0.4 is 14.8 Å². The van der Waals surface area contributed by atoms with Gasteiger partial charge in [0.05, 0.1) is 14.3 Å². The van der Waals surface area contributed by atoms with Crippen LogP contribution in [0.15, 0.2) is 45.8 Å². The molecule has 0 radical (unpaired) electrons. The number of carbonyl (C=O) groups excluding carboxylic acids is 3. The number of carbonyl (C=O) groups is 3. The maximum atomic E-state index is 12.6. The molecule has 2 aromatic rings. The number of thioether (sulfide) groups is 1. The first-order valence-corrected chi connectivity index (χ1v) is 10.8. The highest BCUT2D eigenvalue weighted by Crippen LogP contribution is 2.35. The second-order valence-corrected chi connectivity index (χ2v) is 8.49. The Bertz CT molecular complexity index is 1180. The number of ether oxygens (including phenoxy) is 2. The molecule has 0 atom stereocenters. The molecule has 0 saturated carbocycles. The highest BCUT2D eigenvalue weighted by Gasteiger charge is 2.36.